The molecule has 1 atom stereocenters. The number of aromatic nitrogens is 1. The molecule has 2 rings (SSSR count). The van der Waals surface area contributed by atoms with E-state index in [-0.39, 0.29) is 11.6 Å². The molecule has 1 amide bonds. The molecule has 0 aromatic carbocycles. The van der Waals surface area contributed by atoms with Crippen molar-refractivity contribution in [1.82, 2.24) is 9.88 Å². The largest absolute Gasteiger partial charge is 0.480 e. The summed E-state index contributed by atoms with van der Waals surface area (Å²) in [7, 11) is 0. The standard InChI is InChI=1S/C12H13ClN2O3/c13-8-4-5-9(14-7-8)11(16)15-6-2-1-3-10(15)12(17)18/h4-5,7,10H,1-3,6H2,(H,17,18). The molecule has 5 nitrogen and oxygen atoms in total. The number of halogens is 1. The molecular formula is C12H13ClN2O3. The Kier molecular flexibility index (Phi) is 3.81. The van der Waals surface area contributed by atoms with Crippen molar-refractivity contribution in [3.8, 4) is 0 Å². The molecule has 1 aliphatic heterocycles. The third kappa shape index (κ3) is 2.61. The summed E-state index contributed by atoms with van der Waals surface area (Å²) in [5.41, 5.74) is 0.229. The first-order valence-electron chi connectivity index (χ1n) is 5.75. The number of nitrogens with zero attached hydrogens (tertiary/aromatic N) is 2. The molecule has 6 heteroatoms. The molecule has 1 aromatic rings. The lowest BCUT2D eigenvalue weighted by molar-refractivity contribution is -0.143. The molecule has 96 valence electrons. The van der Waals surface area contributed by atoms with Crippen LogP contribution in [0.15, 0.2) is 18.3 Å². The zero-order chi connectivity index (χ0) is 13.1. The van der Waals surface area contributed by atoms with Gasteiger partial charge < -0.3 is 10.0 Å². The lowest BCUT2D eigenvalue weighted by Gasteiger charge is -2.32. The quantitative estimate of drug-likeness (QED) is 0.888. The lowest BCUT2D eigenvalue weighted by Crippen LogP contribution is -2.48. The average molecular weight is 269 g/mol. The number of rotatable bonds is 2. The Morgan fingerprint density at radius 2 is 2.17 bits per heavy atom. The van der Waals surface area contributed by atoms with Gasteiger partial charge >= 0.3 is 5.97 Å². The van der Waals surface area contributed by atoms with E-state index in [0.29, 0.717) is 18.0 Å². The van der Waals surface area contributed by atoms with E-state index in [1.165, 1.54) is 17.2 Å². The van der Waals surface area contributed by atoms with E-state index in [4.69, 9.17) is 16.7 Å². The summed E-state index contributed by atoms with van der Waals surface area (Å²) in [6, 6.07) is 2.34. The minimum Gasteiger partial charge on any atom is -0.480 e. The van der Waals surface area contributed by atoms with Crippen molar-refractivity contribution in [2.24, 2.45) is 0 Å². The number of likely N-dealkylation sites (tertiary alicyclic amines) is 1. The van der Waals surface area contributed by atoms with Gasteiger partial charge in [-0.3, -0.25) is 4.79 Å². The lowest BCUT2D eigenvalue weighted by atomic mass is 10.0. The monoisotopic (exact) mass is 268 g/mol. The van der Waals surface area contributed by atoms with Crippen LogP contribution in [0.3, 0.4) is 0 Å². The molecule has 1 saturated heterocycles. The highest BCUT2D eigenvalue weighted by molar-refractivity contribution is 6.30. The summed E-state index contributed by atoms with van der Waals surface area (Å²) in [5.74, 6) is -1.31. The third-order valence-corrected chi connectivity index (χ3v) is 3.22. The molecule has 1 aliphatic rings. The van der Waals surface area contributed by atoms with Crippen molar-refractivity contribution in [3.05, 3.63) is 29.0 Å². The fourth-order valence-corrected chi connectivity index (χ4v) is 2.19. The highest BCUT2D eigenvalue weighted by Crippen LogP contribution is 2.19. The van der Waals surface area contributed by atoms with Crippen LogP contribution in [0.1, 0.15) is 29.8 Å². The van der Waals surface area contributed by atoms with Gasteiger partial charge in [-0.25, -0.2) is 9.78 Å². The van der Waals surface area contributed by atoms with Crippen LogP contribution in [-0.4, -0.2) is 39.5 Å². The topological polar surface area (TPSA) is 70.5 Å². The Bertz CT molecular complexity index is 461. The first kappa shape index (κ1) is 12.8. The van der Waals surface area contributed by atoms with E-state index in [2.05, 4.69) is 4.98 Å². The zero-order valence-corrected chi connectivity index (χ0v) is 10.4. The number of hydrogen-bond acceptors (Lipinski definition) is 3. The summed E-state index contributed by atoms with van der Waals surface area (Å²) >= 11 is 5.70. The molecule has 1 aromatic heterocycles. The second kappa shape index (κ2) is 5.35. The van der Waals surface area contributed by atoms with Gasteiger partial charge in [0.15, 0.2) is 0 Å². The first-order valence-corrected chi connectivity index (χ1v) is 6.12. The van der Waals surface area contributed by atoms with E-state index in [1.54, 1.807) is 6.07 Å². The Labute approximate surface area is 109 Å². The van der Waals surface area contributed by atoms with Crippen LogP contribution < -0.4 is 0 Å². The molecule has 0 aliphatic carbocycles. The van der Waals surface area contributed by atoms with E-state index in [1.807, 2.05) is 0 Å². The van der Waals surface area contributed by atoms with Crippen LogP contribution in [0, 0.1) is 0 Å². The van der Waals surface area contributed by atoms with Crippen molar-refractivity contribution < 1.29 is 14.7 Å². The normalized spacial score (nSPS) is 19.6. The van der Waals surface area contributed by atoms with Gasteiger partial charge in [-0.1, -0.05) is 11.6 Å². The molecular weight excluding hydrogens is 256 g/mol. The highest BCUT2D eigenvalue weighted by Gasteiger charge is 2.32. The van der Waals surface area contributed by atoms with E-state index in [9.17, 15) is 9.59 Å². The van der Waals surface area contributed by atoms with Crippen LogP contribution in [0.4, 0.5) is 0 Å². The maximum atomic E-state index is 12.2. The van der Waals surface area contributed by atoms with Crippen molar-refractivity contribution in [3.63, 3.8) is 0 Å². The first-order chi connectivity index (χ1) is 8.59. The molecule has 0 bridgehead atoms. The highest BCUT2D eigenvalue weighted by atomic mass is 35.5. The van der Waals surface area contributed by atoms with Gasteiger partial charge in [0, 0.05) is 12.7 Å². The molecule has 0 spiro atoms. The van der Waals surface area contributed by atoms with Gasteiger partial charge in [-0.05, 0) is 31.4 Å². The van der Waals surface area contributed by atoms with Gasteiger partial charge in [0.1, 0.15) is 11.7 Å². The molecule has 1 fully saturated rings. The molecule has 0 radical (unpaired) electrons. The number of amides is 1. The van der Waals surface area contributed by atoms with Crippen LogP contribution in [0.25, 0.3) is 0 Å². The van der Waals surface area contributed by atoms with Crippen LogP contribution in [0.2, 0.25) is 5.02 Å². The Hall–Kier alpha value is -1.62. The van der Waals surface area contributed by atoms with Crippen molar-refractivity contribution in [2.45, 2.75) is 25.3 Å². The van der Waals surface area contributed by atoms with Gasteiger partial charge in [-0.2, -0.15) is 0 Å². The number of pyridine rings is 1. The van der Waals surface area contributed by atoms with E-state index < -0.39 is 12.0 Å². The van der Waals surface area contributed by atoms with Crippen molar-refractivity contribution in [2.75, 3.05) is 6.54 Å². The van der Waals surface area contributed by atoms with Gasteiger partial charge in [0.05, 0.1) is 5.02 Å². The third-order valence-electron chi connectivity index (χ3n) is 3.00. The van der Waals surface area contributed by atoms with E-state index >= 15 is 0 Å². The number of carboxylic acid groups (broad SMARTS) is 1. The summed E-state index contributed by atoms with van der Waals surface area (Å²) in [4.78, 5) is 28.6. The number of aliphatic carboxylic acids is 1. The maximum absolute atomic E-state index is 12.2. The van der Waals surface area contributed by atoms with Crippen molar-refractivity contribution >= 4 is 23.5 Å². The number of carbonyl (C=O) groups is 2. The number of carbonyl (C=O) groups excluding carboxylic acids is 1. The Morgan fingerprint density at radius 3 is 2.78 bits per heavy atom. The molecule has 1 N–H and O–H groups in total. The fourth-order valence-electron chi connectivity index (χ4n) is 2.08. The predicted molar refractivity (Wildman–Crippen MR) is 65.6 cm³/mol. The van der Waals surface area contributed by atoms with Crippen LogP contribution in [0.5, 0.6) is 0 Å². The van der Waals surface area contributed by atoms with E-state index in [0.717, 1.165) is 12.8 Å². The summed E-state index contributed by atoms with van der Waals surface area (Å²) in [5, 5.41) is 9.56. The molecule has 0 saturated carbocycles. The van der Waals surface area contributed by atoms with Gasteiger partial charge in [-0.15, -0.1) is 0 Å². The zero-order valence-electron chi connectivity index (χ0n) is 9.67. The molecule has 1 unspecified atom stereocenters. The summed E-state index contributed by atoms with van der Waals surface area (Å²) in [6.07, 6.45) is 3.53. The SMILES string of the molecule is O=C(O)C1CCCCN1C(=O)c1ccc(Cl)cn1. The second-order valence-electron chi connectivity index (χ2n) is 4.21. The number of hydrogen-bond donors (Lipinski definition) is 1. The Balaban J connectivity index is 2.20. The smallest absolute Gasteiger partial charge is 0.326 e. The van der Waals surface area contributed by atoms with Crippen LogP contribution in [-0.2, 0) is 4.79 Å². The summed E-state index contributed by atoms with van der Waals surface area (Å²) in [6.45, 7) is 0.458. The van der Waals surface area contributed by atoms with Gasteiger partial charge in [0.2, 0.25) is 0 Å². The minimum atomic E-state index is -0.961. The predicted octanol–water partition coefficient (Wildman–Crippen LogP) is 1.81. The maximum Gasteiger partial charge on any atom is 0.326 e. The fraction of sp³-hybridized carbons (Fsp3) is 0.417. The summed E-state index contributed by atoms with van der Waals surface area (Å²) < 4.78 is 0. The Morgan fingerprint density at radius 1 is 1.39 bits per heavy atom. The minimum absolute atomic E-state index is 0.229. The average Bonchev–Trinajstić information content (AvgIpc) is 2.39. The molecule has 2 heterocycles. The number of piperidine rings is 1. The van der Waals surface area contributed by atoms with Crippen LogP contribution >= 0.6 is 11.6 Å². The second-order valence-corrected chi connectivity index (χ2v) is 4.65. The molecule has 18 heavy (non-hydrogen) atoms. The van der Waals surface area contributed by atoms with Gasteiger partial charge in [0.25, 0.3) is 5.91 Å². The number of carboxylic acids is 1. The van der Waals surface area contributed by atoms with Crippen molar-refractivity contribution in [1.29, 1.82) is 0 Å².